The normalized spacial score (nSPS) is 19.3. The lowest BCUT2D eigenvalue weighted by atomic mass is 9.88. The number of carbonyl (C=O) groups excluding carboxylic acids is 2. The van der Waals surface area contributed by atoms with E-state index in [1.165, 1.54) is 12.1 Å². The van der Waals surface area contributed by atoms with Crippen molar-refractivity contribution in [3.63, 3.8) is 0 Å². The summed E-state index contributed by atoms with van der Waals surface area (Å²) in [6.45, 7) is 1.43. The highest BCUT2D eigenvalue weighted by molar-refractivity contribution is 9.10. The second-order valence-corrected chi connectivity index (χ2v) is 10.3. The number of nitrogens with one attached hydrogen (secondary N) is 1. The van der Waals surface area contributed by atoms with E-state index in [0.717, 1.165) is 20.1 Å². The first kappa shape index (κ1) is 20.6. The summed E-state index contributed by atoms with van der Waals surface area (Å²) in [7, 11) is -3.64. The van der Waals surface area contributed by atoms with E-state index in [-0.39, 0.29) is 17.2 Å². The molecule has 1 unspecified atom stereocenters. The topological polar surface area (TPSA) is 83.6 Å². The van der Waals surface area contributed by atoms with Crippen molar-refractivity contribution in [1.82, 2.24) is 10.2 Å². The van der Waals surface area contributed by atoms with E-state index >= 15 is 0 Å². The number of nitrogens with zero attached hydrogens (tertiary/aromatic N) is 1. The van der Waals surface area contributed by atoms with E-state index in [4.69, 9.17) is 0 Å². The second kappa shape index (κ2) is 7.52. The summed E-state index contributed by atoms with van der Waals surface area (Å²) >= 11 is 3.27. The molecule has 3 aromatic rings. The zero-order valence-corrected chi connectivity index (χ0v) is 18.5. The maximum atomic E-state index is 13.2. The number of benzene rings is 3. The quantitative estimate of drug-likeness (QED) is 0.555. The highest BCUT2D eigenvalue weighted by atomic mass is 79.9. The van der Waals surface area contributed by atoms with Crippen LogP contribution in [0.4, 0.5) is 4.79 Å². The first-order chi connectivity index (χ1) is 14.2. The Morgan fingerprint density at radius 3 is 2.37 bits per heavy atom. The van der Waals surface area contributed by atoms with Crippen LogP contribution >= 0.6 is 15.9 Å². The molecule has 0 aliphatic carbocycles. The molecule has 0 bridgehead atoms. The molecule has 4 rings (SSSR count). The SMILES string of the molecule is CC1(c2cccc3ccccc23)NC(=O)N(CCS(=O)(=O)c2ccc(Br)cc2)C1=O. The first-order valence-electron chi connectivity index (χ1n) is 9.33. The molecule has 1 aliphatic heterocycles. The number of imide groups is 1. The van der Waals surface area contributed by atoms with Gasteiger partial charge >= 0.3 is 6.03 Å². The van der Waals surface area contributed by atoms with Gasteiger partial charge in [0.1, 0.15) is 5.54 Å². The average Bonchev–Trinajstić information content (AvgIpc) is 2.95. The number of hydrogen-bond acceptors (Lipinski definition) is 4. The number of fused-ring (bicyclic) bond motifs is 1. The molecule has 3 aromatic carbocycles. The molecule has 8 heteroatoms. The number of hydrogen-bond donors (Lipinski definition) is 1. The zero-order valence-electron chi connectivity index (χ0n) is 16.1. The van der Waals surface area contributed by atoms with Crippen LogP contribution in [0.2, 0.25) is 0 Å². The van der Waals surface area contributed by atoms with E-state index in [0.29, 0.717) is 5.56 Å². The molecular formula is C22H19BrN2O4S. The molecule has 0 spiro atoms. The number of amides is 3. The minimum Gasteiger partial charge on any atom is -0.319 e. The Labute approximate surface area is 182 Å². The van der Waals surface area contributed by atoms with Crippen LogP contribution in [0.5, 0.6) is 0 Å². The maximum absolute atomic E-state index is 13.2. The summed E-state index contributed by atoms with van der Waals surface area (Å²) in [6, 6.07) is 18.9. The monoisotopic (exact) mass is 486 g/mol. The smallest absolute Gasteiger partial charge is 0.319 e. The number of rotatable bonds is 5. The molecule has 154 valence electrons. The molecule has 3 amide bonds. The average molecular weight is 487 g/mol. The largest absolute Gasteiger partial charge is 0.325 e. The van der Waals surface area contributed by atoms with Crippen molar-refractivity contribution in [3.8, 4) is 0 Å². The highest BCUT2D eigenvalue weighted by Gasteiger charge is 2.49. The first-order valence-corrected chi connectivity index (χ1v) is 11.8. The van der Waals surface area contributed by atoms with Gasteiger partial charge in [0.15, 0.2) is 9.84 Å². The van der Waals surface area contributed by atoms with Crippen LogP contribution in [-0.4, -0.2) is 37.6 Å². The van der Waals surface area contributed by atoms with Crippen molar-refractivity contribution in [2.24, 2.45) is 0 Å². The third-order valence-electron chi connectivity index (χ3n) is 5.36. The van der Waals surface area contributed by atoms with Gasteiger partial charge in [-0.25, -0.2) is 13.2 Å². The summed E-state index contributed by atoms with van der Waals surface area (Å²) < 4.78 is 26.0. The van der Waals surface area contributed by atoms with Crippen molar-refractivity contribution >= 4 is 48.5 Å². The molecule has 1 fully saturated rings. The Balaban J connectivity index is 1.60. The van der Waals surface area contributed by atoms with Gasteiger partial charge in [0.2, 0.25) is 0 Å². The van der Waals surface area contributed by atoms with Crippen LogP contribution in [0.25, 0.3) is 10.8 Å². The fourth-order valence-electron chi connectivity index (χ4n) is 3.72. The number of halogens is 1. The van der Waals surface area contributed by atoms with Gasteiger partial charge in [-0.05, 0) is 47.5 Å². The molecule has 30 heavy (non-hydrogen) atoms. The lowest BCUT2D eigenvalue weighted by molar-refractivity contribution is -0.130. The molecule has 1 saturated heterocycles. The van der Waals surface area contributed by atoms with Crippen molar-refractivity contribution in [2.75, 3.05) is 12.3 Å². The van der Waals surface area contributed by atoms with E-state index in [9.17, 15) is 18.0 Å². The molecule has 1 aliphatic rings. The molecule has 1 atom stereocenters. The lowest BCUT2D eigenvalue weighted by Crippen LogP contribution is -2.41. The summed E-state index contributed by atoms with van der Waals surface area (Å²) in [6.07, 6.45) is 0. The number of carbonyl (C=O) groups is 2. The molecule has 1 heterocycles. The van der Waals surface area contributed by atoms with Crippen LogP contribution in [0, 0.1) is 0 Å². The van der Waals surface area contributed by atoms with Crippen molar-refractivity contribution in [1.29, 1.82) is 0 Å². The summed E-state index contributed by atoms with van der Waals surface area (Å²) in [5, 5.41) is 4.57. The van der Waals surface area contributed by atoms with Gasteiger partial charge in [0.25, 0.3) is 5.91 Å². The Morgan fingerprint density at radius 1 is 0.967 bits per heavy atom. The van der Waals surface area contributed by atoms with Gasteiger partial charge < -0.3 is 5.32 Å². The Bertz CT molecular complexity index is 1250. The molecule has 0 radical (unpaired) electrons. The predicted octanol–water partition coefficient (Wildman–Crippen LogP) is 3.84. The fraction of sp³-hybridized carbons (Fsp3) is 0.182. The minimum atomic E-state index is -3.64. The molecule has 0 saturated carbocycles. The van der Waals surface area contributed by atoms with E-state index in [2.05, 4.69) is 21.2 Å². The number of urea groups is 1. The predicted molar refractivity (Wildman–Crippen MR) is 118 cm³/mol. The van der Waals surface area contributed by atoms with E-state index in [1.54, 1.807) is 19.1 Å². The van der Waals surface area contributed by atoms with E-state index in [1.807, 2.05) is 42.5 Å². The Kier molecular flexibility index (Phi) is 5.15. The zero-order chi connectivity index (χ0) is 21.5. The van der Waals surface area contributed by atoms with Crippen LogP contribution in [0.15, 0.2) is 76.1 Å². The maximum Gasteiger partial charge on any atom is 0.325 e. The minimum absolute atomic E-state index is 0.148. The molecular weight excluding hydrogens is 468 g/mol. The van der Waals surface area contributed by atoms with Crippen LogP contribution in [-0.2, 0) is 20.2 Å². The van der Waals surface area contributed by atoms with E-state index < -0.39 is 27.3 Å². The fourth-order valence-corrected chi connectivity index (χ4v) is 5.19. The van der Waals surface area contributed by atoms with Crippen molar-refractivity contribution in [3.05, 3.63) is 76.8 Å². The summed E-state index contributed by atoms with van der Waals surface area (Å²) in [5.41, 5.74) is -0.587. The second-order valence-electron chi connectivity index (χ2n) is 7.31. The van der Waals surface area contributed by atoms with Crippen LogP contribution in [0.1, 0.15) is 12.5 Å². The third-order valence-corrected chi connectivity index (χ3v) is 7.60. The van der Waals surface area contributed by atoms with Gasteiger partial charge in [-0.2, -0.15) is 0 Å². The van der Waals surface area contributed by atoms with Gasteiger partial charge in [-0.1, -0.05) is 58.4 Å². The summed E-state index contributed by atoms with van der Waals surface area (Å²) in [4.78, 5) is 27.0. The molecule has 0 aromatic heterocycles. The third kappa shape index (κ3) is 3.50. The standard InChI is InChI=1S/C22H19BrN2O4S/c1-22(19-8-4-6-15-5-2-3-7-18(15)19)20(26)25(21(27)24-22)13-14-30(28,29)17-11-9-16(23)10-12-17/h2-12H,13-14H2,1H3,(H,24,27). The molecule has 1 N–H and O–H groups in total. The molecule has 6 nitrogen and oxygen atoms in total. The van der Waals surface area contributed by atoms with Crippen LogP contribution < -0.4 is 5.32 Å². The Morgan fingerprint density at radius 2 is 1.63 bits per heavy atom. The summed E-state index contributed by atoms with van der Waals surface area (Å²) in [5.74, 6) is -0.811. The van der Waals surface area contributed by atoms with Gasteiger partial charge in [0, 0.05) is 11.0 Å². The number of sulfone groups is 1. The van der Waals surface area contributed by atoms with Gasteiger partial charge in [-0.3, -0.25) is 9.69 Å². The lowest BCUT2D eigenvalue weighted by Gasteiger charge is -2.24. The van der Waals surface area contributed by atoms with Gasteiger partial charge in [0.05, 0.1) is 10.6 Å². The van der Waals surface area contributed by atoms with Crippen LogP contribution in [0.3, 0.4) is 0 Å². The Hall–Kier alpha value is -2.71. The van der Waals surface area contributed by atoms with Crippen molar-refractivity contribution < 1.29 is 18.0 Å². The van der Waals surface area contributed by atoms with Gasteiger partial charge in [-0.15, -0.1) is 0 Å². The highest BCUT2D eigenvalue weighted by Crippen LogP contribution is 2.33. The van der Waals surface area contributed by atoms with Crippen molar-refractivity contribution in [2.45, 2.75) is 17.4 Å².